The Morgan fingerprint density at radius 1 is 0.943 bits per heavy atom. The fraction of sp³-hybridized carbons (Fsp3) is 0.400. The summed E-state index contributed by atoms with van der Waals surface area (Å²) >= 11 is 0. The first-order chi connectivity index (χ1) is 16.8. The molecule has 1 unspecified atom stereocenters. The van der Waals surface area contributed by atoms with Crippen molar-refractivity contribution in [2.75, 3.05) is 46.4 Å². The average molecular weight is 498 g/mol. The molecule has 10 heteroatoms. The molecule has 0 fully saturated rings. The predicted octanol–water partition coefficient (Wildman–Crippen LogP) is 1.28. The molecule has 9 nitrogen and oxygen atoms in total. The standard InChI is InChI=1S/C25H27N3O6S/c1-26-10-16-3-2-4-20(21(16)15-26)24(29)25(30)27-11-17-13-28(14-18(17)12-27)35(31,32)19-5-6-22-23(9-19)34-8-7-33-22/h2-6,9,24,29H,7-8,10-15H2,1H3. The Morgan fingerprint density at radius 3 is 2.40 bits per heavy atom. The molecule has 1 amide bonds. The molecule has 6 rings (SSSR count). The van der Waals surface area contributed by atoms with E-state index in [2.05, 4.69) is 4.90 Å². The summed E-state index contributed by atoms with van der Waals surface area (Å²) in [7, 11) is -1.71. The topological polar surface area (TPSA) is 99.6 Å². The molecule has 1 atom stereocenters. The van der Waals surface area contributed by atoms with Gasteiger partial charge in [-0.15, -0.1) is 0 Å². The molecule has 1 N–H and O–H groups in total. The molecule has 2 aromatic carbocycles. The first-order valence-corrected chi connectivity index (χ1v) is 13.1. The Kier molecular flexibility index (Phi) is 5.37. The Balaban J connectivity index is 1.14. The van der Waals surface area contributed by atoms with Crippen molar-refractivity contribution in [3.63, 3.8) is 0 Å². The summed E-state index contributed by atoms with van der Waals surface area (Å²) in [6, 6.07) is 10.4. The molecule has 0 bridgehead atoms. The molecule has 0 aromatic heterocycles. The Bertz CT molecular complexity index is 1340. The van der Waals surface area contributed by atoms with E-state index in [0.29, 0.717) is 49.9 Å². The third-order valence-electron chi connectivity index (χ3n) is 7.17. The zero-order chi connectivity index (χ0) is 24.3. The molecule has 0 saturated carbocycles. The molecule has 4 aliphatic heterocycles. The summed E-state index contributed by atoms with van der Waals surface area (Å²) in [5.41, 5.74) is 4.66. The minimum absolute atomic E-state index is 0.161. The summed E-state index contributed by atoms with van der Waals surface area (Å²) in [6.45, 7) is 3.45. The van der Waals surface area contributed by atoms with Crippen LogP contribution in [0.1, 0.15) is 22.8 Å². The number of benzene rings is 2. The highest BCUT2D eigenvalue weighted by atomic mass is 32.2. The lowest BCUT2D eigenvalue weighted by Crippen LogP contribution is -2.38. The molecule has 0 saturated heterocycles. The normalized spacial score (nSPS) is 20.8. The van der Waals surface area contributed by atoms with Gasteiger partial charge in [-0.1, -0.05) is 18.2 Å². The maximum atomic E-state index is 13.3. The van der Waals surface area contributed by atoms with Crippen LogP contribution in [0.4, 0.5) is 0 Å². The first kappa shape index (κ1) is 22.5. The zero-order valence-electron chi connectivity index (χ0n) is 19.4. The largest absolute Gasteiger partial charge is 0.486 e. The van der Waals surface area contributed by atoms with Crippen molar-refractivity contribution in [3.8, 4) is 11.5 Å². The van der Waals surface area contributed by atoms with Crippen LogP contribution >= 0.6 is 0 Å². The summed E-state index contributed by atoms with van der Waals surface area (Å²) < 4.78 is 39.0. The number of fused-ring (bicyclic) bond motifs is 2. The molecule has 4 aliphatic rings. The lowest BCUT2D eigenvalue weighted by molar-refractivity contribution is -0.139. The van der Waals surface area contributed by atoms with Gasteiger partial charge in [0, 0.05) is 45.3 Å². The highest BCUT2D eigenvalue weighted by Gasteiger charge is 2.39. The second kappa shape index (κ2) is 8.34. The number of hydrogen-bond acceptors (Lipinski definition) is 7. The van der Waals surface area contributed by atoms with Gasteiger partial charge in [0.05, 0.1) is 4.90 Å². The minimum Gasteiger partial charge on any atom is -0.486 e. The average Bonchev–Trinajstić information content (AvgIpc) is 3.55. The van der Waals surface area contributed by atoms with E-state index in [-0.39, 0.29) is 23.9 Å². The van der Waals surface area contributed by atoms with E-state index in [1.54, 1.807) is 11.0 Å². The van der Waals surface area contributed by atoms with Gasteiger partial charge in [-0.3, -0.25) is 9.69 Å². The lowest BCUT2D eigenvalue weighted by Gasteiger charge is -2.25. The Morgan fingerprint density at radius 2 is 1.66 bits per heavy atom. The minimum atomic E-state index is -3.72. The molecular formula is C25H27N3O6S. The molecule has 35 heavy (non-hydrogen) atoms. The second-order valence-corrected chi connectivity index (χ2v) is 11.5. The van der Waals surface area contributed by atoms with Crippen molar-refractivity contribution >= 4 is 15.9 Å². The third kappa shape index (κ3) is 3.81. The van der Waals surface area contributed by atoms with E-state index in [4.69, 9.17) is 9.47 Å². The predicted molar refractivity (Wildman–Crippen MR) is 126 cm³/mol. The van der Waals surface area contributed by atoms with Crippen LogP contribution in [-0.2, 0) is 27.9 Å². The highest BCUT2D eigenvalue weighted by Crippen LogP contribution is 2.36. The van der Waals surface area contributed by atoms with Gasteiger partial charge in [0.15, 0.2) is 17.6 Å². The number of aliphatic hydroxyl groups excluding tert-OH is 1. The maximum Gasteiger partial charge on any atom is 0.256 e. The van der Waals surface area contributed by atoms with E-state index < -0.39 is 16.1 Å². The monoisotopic (exact) mass is 497 g/mol. The second-order valence-electron chi connectivity index (χ2n) is 9.54. The van der Waals surface area contributed by atoms with Crippen molar-refractivity contribution in [1.82, 2.24) is 14.1 Å². The zero-order valence-corrected chi connectivity index (χ0v) is 20.3. The fourth-order valence-electron chi connectivity index (χ4n) is 5.38. The van der Waals surface area contributed by atoms with Gasteiger partial charge < -0.3 is 19.5 Å². The number of carbonyl (C=O) groups is 1. The number of carbonyl (C=O) groups excluding carboxylic acids is 1. The van der Waals surface area contributed by atoms with E-state index in [1.807, 2.05) is 25.2 Å². The van der Waals surface area contributed by atoms with Gasteiger partial charge in [-0.2, -0.15) is 4.31 Å². The Hall–Kier alpha value is -2.92. The van der Waals surface area contributed by atoms with Crippen molar-refractivity contribution in [3.05, 3.63) is 64.2 Å². The summed E-state index contributed by atoms with van der Waals surface area (Å²) in [4.78, 5) is 17.1. The quantitative estimate of drug-likeness (QED) is 0.636. The van der Waals surface area contributed by atoms with Crippen LogP contribution in [0, 0.1) is 0 Å². The summed E-state index contributed by atoms with van der Waals surface area (Å²) in [6.07, 6.45) is -1.23. The molecule has 4 heterocycles. The maximum absolute atomic E-state index is 13.3. The van der Waals surface area contributed by atoms with Gasteiger partial charge in [0.1, 0.15) is 13.2 Å². The van der Waals surface area contributed by atoms with Gasteiger partial charge >= 0.3 is 0 Å². The van der Waals surface area contributed by atoms with Gasteiger partial charge in [0.2, 0.25) is 10.0 Å². The van der Waals surface area contributed by atoms with Gasteiger partial charge in [0.25, 0.3) is 5.91 Å². The van der Waals surface area contributed by atoms with Crippen molar-refractivity contribution in [2.24, 2.45) is 0 Å². The number of aliphatic hydroxyl groups is 1. The Labute approximate surface area is 204 Å². The van der Waals surface area contributed by atoms with E-state index in [0.717, 1.165) is 28.8 Å². The SMILES string of the molecule is CN1Cc2cccc(C(O)C(=O)N3CC4=C(C3)CN(S(=O)(=O)c3ccc5c(c3)OCCO5)C4)c2C1. The smallest absolute Gasteiger partial charge is 0.256 e. The fourth-order valence-corrected chi connectivity index (χ4v) is 6.82. The van der Waals surface area contributed by atoms with Crippen LogP contribution in [-0.4, -0.2) is 80.0 Å². The number of nitrogens with zero attached hydrogens (tertiary/aromatic N) is 3. The van der Waals surface area contributed by atoms with Gasteiger partial charge in [-0.05, 0) is 47.0 Å². The van der Waals surface area contributed by atoms with E-state index >= 15 is 0 Å². The molecule has 0 spiro atoms. The van der Waals surface area contributed by atoms with Crippen molar-refractivity contribution < 1.29 is 27.8 Å². The van der Waals surface area contributed by atoms with E-state index in [9.17, 15) is 18.3 Å². The van der Waals surface area contributed by atoms with Gasteiger partial charge in [-0.25, -0.2) is 8.42 Å². The van der Waals surface area contributed by atoms with Crippen LogP contribution in [0.3, 0.4) is 0 Å². The molecule has 2 aromatic rings. The van der Waals surface area contributed by atoms with E-state index in [1.165, 1.54) is 16.4 Å². The number of amides is 1. The molecule has 184 valence electrons. The van der Waals surface area contributed by atoms with Crippen LogP contribution in [0.5, 0.6) is 11.5 Å². The number of sulfonamides is 1. The van der Waals surface area contributed by atoms with Crippen LogP contribution in [0.15, 0.2) is 52.4 Å². The molecular weight excluding hydrogens is 470 g/mol. The number of ether oxygens (including phenoxy) is 2. The van der Waals surface area contributed by atoms with Crippen molar-refractivity contribution in [2.45, 2.75) is 24.1 Å². The number of rotatable bonds is 4. The summed E-state index contributed by atoms with van der Waals surface area (Å²) in [5.74, 6) is 0.630. The highest BCUT2D eigenvalue weighted by molar-refractivity contribution is 7.89. The van der Waals surface area contributed by atoms with Crippen LogP contribution in [0.25, 0.3) is 0 Å². The van der Waals surface area contributed by atoms with Crippen molar-refractivity contribution in [1.29, 1.82) is 0 Å². The molecule has 0 aliphatic carbocycles. The van der Waals surface area contributed by atoms with Crippen LogP contribution < -0.4 is 9.47 Å². The van der Waals surface area contributed by atoms with Crippen LogP contribution in [0.2, 0.25) is 0 Å². The third-order valence-corrected chi connectivity index (χ3v) is 8.95. The first-order valence-electron chi connectivity index (χ1n) is 11.7. The number of hydrogen-bond donors (Lipinski definition) is 1. The summed E-state index contributed by atoms with van der Waals surface area (Å²) in [5, 5.41) is 10.9. The lowest BCUT2D eigenvalue weighted by atomic mass is 9.98. The molecule has 0 radical (unpaired) electrons.